The molecule has 0 bridgehead atoms. The number of hydrogen-bond acceptors (Lipinski definition) is 3. The van der Waals surface area contributed by atoms with E-state index in [1.54, 1.807) is 12.1 Å². The van der Waals surface area contributed by atoms with Crippen LogP contribution in [0.2, 0.25) is 0 Å². The van der Waals surface area contributed by atoms with Crippen molar-refractivity contribution >= 4 is 15.9 Å². The van der Waals surface area contributed by atoms with Crippen molar-refractivity contribution in [1.29, 1.82) is 0 Å². The van der Waals surface area contributed by atoms with Gasteiger partial charge in [0.05, 0.1) is 5.92 Å². The van der Waals surface area contributed by atoms with Crippen LogP contribution in [0.1, 0.15) is 48.3 Å². The summed E-state index contributed by atoms with van der Waals surface area (Å²) >= 11 is 0. The summed E-state index contributed by atoms with van der Waals surface area (Å²) < 4.78 is 56.7. The van der Waals surface area contributed by atoms with Crippen LogP contribution in [0.3, 0.4) is 0 Å². The largest absolute Gasteiger partial charge is 0.369 e. The number of nitrogens with zero attached hydrogens (tertiary/aromatic N) is 1. The highest BCUT2D eigenvalue weighted by molar-refractivity contribution is 7.89. The predicted octanol–water partition coefficient (Wildman–Crippen LogP) is 5.54. The van der Waals surface area contributed by atoms with Crippen molar-refractivity contribution in [2.45, 2.75) is 50.0 Å². The maximum absolute atomic E-state index is 14.5. The summed E-state index contributed by atoms with van der Waals surface area (Å²) in [7, 11) is -4.30. The maximum atomic E-state index is 14.5. The standard InChI is InChI=1S/C29H32F2N2O3S/c1-20-7-11-23(12-8-20)28(29(32)34)24-13-9-22(10-14-24)19-33(18-21-5-3-2-4-6-21)37(35,36)27-17-25(30)15-16-26(27)31/h2-8,11-12,15-17,22,24,28H,9-10,13-14,18-19H2,1H3,(H2,32,34). The minimum Gasteiger partial charge on any atom is -0.369 e. The SMILES string of the molecule is Cc1ccc(C(C(N)=O)C2CCC(CN(Cc3ccccc3)S(=O)(=O)c3cc(F)ccc3F)CC2)cc1. The molecule has 1 amide bonds. The molecule has 0 spiro atoms. The minimum absolute atomic E-state index is 0.0119. The van der Waals surface area contributed by atoms with Crippen molar-refractivity contribution in [2.75, 3.05) is 6.54 Å². The van der Waals surface area contributed by atoms with Gasteiger partial charge in [0, 0.05) is 13.1 Å². The third-order valence-electron chi connectivity index (χ3n) is 7.28. The third-order valence-corrected chi connectivity index (χ3v) is 9.11. The van der Waals surface area contributed by atoms with E-state index < -0.39 is 32.5 Å². The van der Waals surface area contributed by atoms with Gasteiger partial charge < -0.3 is 5.73 Å². The van der Waals surface area contributed by atoms with Gasteiger partial charge in [-0.2, -0.15) is 4.31 Å². The number of carbonyl (C=O) groups is 1. The van der Waals surface area contributed by atoms with E-state index in [2.05, 4.69) is 0 Å². The lowest BCUT2D eigenvalue weighted by Gasteiger charge is -2.35. The number of carbonyl (C=O) groups excluding carboxylic acids is 1. The van der Waals surface area contributed by atoms with Crippen LogP contribution in [-0.2, 0) is 21.4 Å². The van der Waals surface area contributed by atoms with Crippen LogP contribution >= 0.6 is 0 Å². The molecule has 2 N–H and O–H groups in total. The Bertz CT molecular complexity index is 1320. The molecule has 1 aliphatic carbocycles. The van der Waals surface area contributed by atoms with Gasteiger partial charge in [0.1, 0.15) is 16.5 Å². The summed E-state index contributed by atoms with van der Waals surface area (Å²) in [4.78, 5) is 11.7. The fourth-order valence-electron chi connectivity index (χ4n) is 5.28. The van der Waals surface area contributed by atoms with Gasteiger partial charge in [-0.3, -0.25) is 4.79 Å². The van der Waals surface area contributed by atoms with E-state index in [0.29, 0.717) is 12.8 Å². The van der Waals surface area contributed by atoms with Gasteiger partial charge in [-0.25, -0.2) is 17.2 Å². The summed E-state index contributed by atoms with van der Waals surface area (Å²) in [5, 5.41) is 0. The first-order valence-corrected chi connectivity index (χ1v) is 13.9. The number of nitrogens with two attached hydrogens (primary N) is 1. The number of sulfonamides is 1. The Morgan fingerprint density at radius 2 is 1.62 bits per heavy atom. The fraction of sp³-hybridized carbons (Fsp3) is 0.345. The third kappa shape index (κ3) is 6.43. The predicted molar refractivity (Wildman–Crippen MR) is 139 cm³/mol. The van der Waals surface area contributed by atoms with Crippen LogP contribution in [0.4, 0.5) is 8.78 Å². The number of rotatable bonds is 9. The highest BCUT2D eigenvalue weighted by atomic mass is 32.2. The molecule has 3 aromatic carbocycles. The molecule has 4 rings (SSSR count). The van der Waals surface area contributed by atoms with Gasteiger partial charge in [-0.05, 0) is 73.8 Å². The second-order valence-corrected chi connectivity index (χ2v) is 11.8. The Morgan fingerprint density at radius 1 is 0.973 bits per heavy atom. The summed E-state index contributed by atoms with van der Waals surface area (Å²) in [6.07, 6.45) is 2.85. The lowest BCUT2D eigenvalue weighted by atomic mass is 9.73. The normalized spacial score (nSPS) is 19.0. The Balaban J connectivity index is 1.53. The molecule has 0 aliphatic heterocycles. The van der Waals surface area contributed by atoms with E-state index in [1.807, 2.05) is 49.4 Å². The second kappa shape index (κ2) is 11.5. The van der Waals surface area contributed by atoms with Gasteiger partial charge in [0.2, 0.25) is 15.9 Å². The molecular weight excluding hydrogens is 494 g/mol. The summed E-state index contributed by atoms with van der Waals surface area (Å²) in [5.74, 6) is -2.47. The molecule has 37 heavy (non-hydrogen) atoms. The number of hydrogen-bond donors (Lipinski definition) is 1. The molecule has 1 fully saturated rings. The lowest BCUT2D eigenvalue weighted by molar-refractivity contribution is -0.121. The van der Waals surface area contributed by atoms with E-state index in [9.17, 15) is 22.0 Å². The first-order valence-electron chi connectivity index (χ1n) is 12.5. The molecule has 0 saturated heterocycles. The average Bonchev–Trinajstić information content (AvgIpc) is 2.88. The first kappa shape index (κ1) is 26.9. The monoisotopic (exact) mass is 526 g/mol. The molecule has 1 atom stereocenters. The highest BCUT2D eigenvalue weighted by Gasteiger charge is 2.35. The highest BCUT2D eigenvalue weighted by Crippen LogP contribution is 2.39. The zero-order valence-electron chi connectivity index (χ0n) is 20.8. The number of amides is 1. The molecule has 0 aromatic heterocycles. The number of benzene rings is 3. The summed E-state index contributed by atoms with van der Waals surface area (Å²) in [6, 6.07) is 19.4. The molecule has 8 heteroatoms. The van der Waals surface area contributed by atoms with Crippen molar-refractivity contribution in [3.05, 3.63) is 101 Å². The van der Waals surface area contributed by atoms with Crippen LogP contribution < -0.4 is 5.73 Å². The topological polar surface area (TPSA) is 80.5 Å². The zero-order chi connectivity index (χ0) is 26.6. The molecule has 1 unspecified atom stereocenters. The molecule has 1 saturated carbocycles. The molecular formula is C29H32F2N2O3S. The van der Waals surface area contributed by atoms with E-state index >= 15 is 0 Å². The number of aryl methyl sites for hydroxylation is 1. The average molecular weight is 527 g/mol. The van der Waals surface area contributed by atoms with Crippen molar-refractivity contribution in [2.24, 2.45) is 17.6 Å². The smallest absolute Gasteiger partial charge is 0.246 e. The first-order chi connectivity index (χ1) is 17.6. The summed E-state index contributed by atoms with van der Waals surface area (Å²) in [5.41, 5.74) is 8.55. The van der Waals surface area contributed by atoms with Gasteiger partial charge in [0.25, 0.3) is 0 Å². The Labute approximate surface area is 217 Å². The van der Waals surface area contributed by atoms with Gasteiger partial charge in [-0.15, -0.1) is 0 Å². The van der Waals surface area contributed by atoms with Crippen molar-refractivity contribution in [3.63, 3.8) is 0 Å². The van der Waals surface area contributed by atoms with Crippen LogP contribution in [0.5, 0.6) is 0 Å². The quantitative estimate of drug-likeness (QED) is 0.398. The summed E-state index contributed by atoms with van der Waals surface area (Å²) in [6.45, 7) is 2.21. The van der Waals surface area contributed by atoms with E-state index in [-0.39, 0.29) is 30.8 Å². The molecule has 0 radical (unpaired) electrons. The molecule has 0 heterocycles. The Kier molecular flexibility index (Phi) is 8.39. The van der Waals surface area contributed by atoms with Gasteiger partial charge >= 0.3 is 0 Å². The van der Waals surface area contributed by atoms with Gasteiger partial charge in [0.15, 0.2) is 0 Å². The number of primary amides is 1. The van der Waals surface area contributed by atoms with Crippen molar-refractivity contribution < 1.29 is 22.0 Å². The minimum atomic E-state index is -4.30. The van der Waals surface area contributed by atoms with E-state index in [0.717, 1.165) is 47.7 Å². The molecule has 3 aromatic rings. The van der Waals surface area contributed by atoms with Crippen LogP contribution in [-0.4, -0.2) is 25.2 Å². The van der Waals surface area contributed by atoms with Gasteiger partial charge in [-0.1, -0.05) is 60.2 Å². The van der Waals surface area contributed by atoms with Crippen molar-refractivity contribution in [3.8, 4) is 0 Å². The molecule has 1 aliphatic rings. The molecule has 5 nitrogen and oxygen atoms in total. The Hall–Kier alpha value is -3.10. The zero-order valence-corrected chi connectivity index (χ0v) is 21.6. The maximum Gasteiger partial charge on any atom is 0.246 e. The Morgan fingerprint density at radius 3 is 2.24 bits per heavy atom. The van der Waals surface area contributed by atoms with Crippen LogP contribution in [0.25, 0.3) is 0 Å². The van der Waals surface area contributed by atoms with E-state index in [1.165, 1.54) is 4.31 Å². The number of halogens is 2. The van der Waals surface area contributed by atoms with Crippen molar-refractivity contribution in [1.82, 2.24) is 4.31 Å². The van der Waals surface area contributed by atoms with Crippen LogP contribution in [0, 0.1) is 30.4 Å². The fourth-order valence-corrected chi connectivity index (χ4v) is 6.86. The molecule has 196 valence electrons. The second-order valence-electron chi connectivity index (χ2n) is 9.93. The lowest BCUT2D eigenvalue weighted by Crippen LogP contribution is -2.38. The van der Waals surface area contributed by atoms with E-state index in [4.69, 9.17) is 5.73 Å². The van der Waals surface area contributed by atoms with Crippen LogP contribution in [0.15, 0.2) is 77.7 Å².